The standard InChI is InChI=1S/C25H26N4O3/c1-16-21-22(19-10-6-7-11-20(19)32-25(21)12-14-26-15-13-25)29(27-16)24(31)18-9-5-4-8-17(18)23(30)28(2)3/h4-11,26H,12-15H2,1-3H3. The molecule has 1 saturated heterocycles. The van der Waals surface area contributed by atoms with E-state index in [0.29, 0.717) is 11.1 Å². The summed E-state index contributed by atoms with van der Waals surface area (Å²) < 4.78 is 8.06. The van der Waals surface area contributed by atoms with Crippen LogP contribution in [0.4, 0.5) is 0 Å². The number of aryl methyl sites for hydroxylation is 1. The third-order valence-corrected chi connectivity index (χ3v) is 6.36. The van der Waals surface area contributed by atoms with Gasteiger partial charge in [-0.05, 0) is 44.3 Å². The van der Waals surface area contributed by atoms with Gasteiger partial charge in [0.2, 0.25) is 0 Å². The summed E-state index contributed by atoms with van der Waals surface area (Å²) in [7, 11) is 3.36. The molecule has 0 atom stereocenters. The number of carbonyl (C=O) groups excluding carboxylic acids is 2. The third kappa shape index (κ3) is 3.04. The van der Waals surface area contributed by atoms with E-state index in [2.05, 4.69) is 5.32 Å². The molecule has 3 aromatic rings. The molecule has 5 rings (SSSR count). The van der Waals surface area contributed by atoms with E-state index < -0.39 is 5.60 Å². The maximum absolute atomic E-state index is 13.8. The van der Waals surface area contributed by atoms with E-state index in [1.165, 1.54) is 9.58 Å². The van der Waals surface area contributed by atoms with Crippen molar-refractivity contribution in [3.05, 3.63) is 70.9 Å². The number of hydrogen-bond donors (Lipinski definition) is 1. The van der Waals surface area contributed by atoms with Gasteiger partial charge in [-0.2, -0.15) is 9.78 Å². The summed E-state index contributed by atoms with van der Waals surface area (Å²) in [5.41, 5.74) is 3.54. The van der Waals surface area contributed by atoms with Gasteiger partial charge in [0, 0.05) is 38.1 Å². The minimum atomic E-state index is -0.517. The zero-order valence-electron chi connectivity index (χ0n) is 18.5. The molecule has 2 aliphatic rings. The minimum Gasteiger partial charge on any atom is -0.482 e. The van der Waals surface area contributed by atoms with Crippen LogP contribution in [0.5, 0.6) is 5.75 Å². The van der Waals surface area contributed by atoms with E-state index in [1.54, 1.807) is 38.4 Å². The van der Waals surface area contributed by atoms with Gasteiger partial charge in [0.1, 0.15) is 11.4 Å². The Bertz CT molecular complexity index is 1220. The highest BCUT2D eigenvalue weighted by atomic mass is 16.5. The van der Waals surface area contributed by atoms with Crippen LogP contribution < -0.4 is 10.1 Å². The molecule has 1 aromatic heterocycles. The summed E-state index contributed by atoms with van der Waals surface area (Å²) in [6.45, 7) is 3.60. The fraction of sp³-hybridized carbons (Fsp3) is 0.320. The highest BCUT2D eigenvalue weighted by Gasteiger charge is 2.46. The molecule has 0 bridgehead atoms. The van der Waals surface area contributed by atoms with Gasteiger partial charge in [-0.15, -0.1) is 0 Å². The van der Waals surface area contributed by atoms with Crippen LogP contribution in [-0.2, 0) is 5.60 Å². The zero-order valence-corrected chi connectivity index (χ0v) is 18.5. The molecule has 7 heteroatoms. The van der Waals surface area contributed by atoms with E-state index in [9.17, 15) is 9.59 Å². The molecule has 32 heavy (non-hydrogen) atoms. The number of rotatable bonds is 2. The van der Waals surface area contributed by atoms with Crippen LogP contribution in [0.15, 0.2) is 48.5 Å². The molecule has 0 radical (unpaired) electrons. The highest BCUT2D eigenvalue weighted by Crippen LogP contribution is 2.50. The lowest BCUT2D eigenvalue weighted by atomic mass is 9.80. The van der Waals surface area contributed by atoms with Gasteiger partial charge in [-0.1, -0.05) is 24.3 Å². The molecular formula is C25H26N4O3. The van der Waals surface area contributed by atoms with Crippen molar-refractivity contribution in [2.45, 2.75) is 25.4 Å². The van der Waals surface area contributed by atoms with Gasteiger partial charge >= 0.3 is 0 Å². The lowest BCUT2D eigenvalue weighted by Crippen LogP contribution is -2.46. The normalized spacial score (nSPS) is 16.1. The van der Waals surface area contributed by atoms with Gasteiger partial charge in [0.25, 0.3) is 11.8 Å². The van der Waals surface area contributed by atoms with Crippen molar-refractivity contribution in [1.82, 2.24) is 20.0 Å². The number of aromatic nitrogens is 2. The molecule has 3 heterocycles. The second kappa shape index (κ2) is 7.60. The second-order valence-electron chi connectivity index (χ2n) is 8.61. The molecule has 2 aliphatic heterocycles. The summed E-state index contributed by atoms with van der Waals surface area (Å²) in [5, 5.41) is 8.10. The Morgan fingerprint density at radius 2 is 1.69 bits per heavy atom. The predicted octanol–water partition coefficient (Wildman–Crippen LogP) is 3.22. The SMILES string of the molecule is Cc1nn(C(=O)c2ccccc2C(=O)N(C)C)c2c1C1(CCNCC1)Oc1ccccc1-2. The van der Waals surface area contributed by atoms with E-state index >= 15 is 0 Å². The maximum atomic E-state index is 13.8. The van der Waals surface area contributed by atoms with Crippen molar-refractivity contribution in [3.63, 3.8) is 0 Å². The Hall–Kier alpha value is -3.45. The van der Waals surface area contributed by atoms with Gasteiger partial charge < -0.3 is 15.0 Å². The number of fused-ring (bicyclic) bond motifs is 4. The molecule has 1 amide bonds. The lowest BCUT2D eigenvalue weighted by Gasteiger charge is -2.42. The molecule has 1 spiro atoms. The third-order valence-electron chi connectivity index (χ3n) is 6.36. The molecule has 1 fully saturated rings. The number of nitrogens with zero attached hydrogens (tertiary/aromatic N) is 3. The molecule has 0 unspecified atom stereocenters. The average molecular weight is 431 g/mol. The van der Waals surface area contributed by atoms with Gasteiger partial charge in [0.15, 0.2) is 0 Å². The van der Waals surface area contributed by atoms with Crippen LogP contribution in [0.2, 0.25) is 0 Å². The largest absolute Gasteiger partial charge is 0.482 e. The average Bonchev–Trinajstić information content (AvgIpc) is 3.17. The molecule has 164 valence electrons. The predicted molar refractivity (Wildman–Crippen MR) is 121 cm³/mol. The van der Waals surface area contributed by atoms with Crippen LogP contribution in [0.1, 0.15) is 44.8 Å². The Morgan fingerprint density at radius 3 is 2.41 bits per heavy atom. The first-order chi connectivity index (χ1) is 15.4. The fourth-order valence-electron chi connectivity index (χ4n) is 4.88. The number of ether oxygens (including phenoxy) is 1. The Balaban J connectivity index is 1.72. The topological polar surface area (TPSA) is 76.5 Å². The van der Waals surface area contributed by atoms with E-state index in [-0.39, 0.29) is 11.8 Å². The molecule has 7 nitrogen and oxygen atoms in total. The molecule has 0 aliphatic carbocycles. The summed E-state index contributed by atoms with van der Waals surface area (Å²) >= 11 is 0. The molecular weight excluding hydrogens is 404 g/mol. The minimum absolute atomic E-state index is 0.217. The first kappa shape index (κ1) is 20.5. The second-order valence-corrected chi connectivity index (χ2v) is 8.61. The summed E-state index contributed by atoms with van der Waals surface area (Å²) in [6, 6.07) is 14.7. The highest BCUT2D eigenvalue weighted by molar-refractivity contribution is 6.08. The number of para-hydroxylation sites is 1. The fourth-order valence-corrected chi connectivity index (χ4v) is 4.88. The van der Waals surface area contributed by atoms with Crippen LogP contribution in [0.25, 0.3) is 11.3 Å². The number of amides is 1. The number of piperidine rings is 1. The van der Waals surface area contributed by atoms with Crippen molar-refractivity contribution in [1.29, 1.82) is 0 Å². The number of hydrogen-bond acceptors (Lipinski definition) is 5. The van der Waals surface area contributed by atoms with Gasteiger partial charge in [-0.3, -0.25) is 9.59 Å². The first-order valence-electron chi connectivity index (χ1n) is 10.9. The van der Waals surface area contributed by atoms with Crippen molar-refractivity contribution in [2.24, 2.45) is 0 Å². The van der Waals surface area contributed by atoms with Gasteiger partial charge in [0.05, 0.1) is 22.5 Å². The number of benzene rings is 2. The lowest BCUT2D eigenvalue weighted by molar-refractivity contribution is 0.0301. The van der Waals surface area contributed by atoms with Crippen LogP contribution in [0.3, 0.4) is 0 Å². The van der Waals surface area contributed by atoms with E-state index in [1.807, 2.05) is 31.2 Å². The molecule has 2 aromatic carbocycles. The summed E-state index contributed by atoms with van der Waals surface area (Å²) in [4.78, 5) is 28.1. The van der Waals surface area contributed by atoms with Crippen molar-refractivity contribution >= 4 is 11.8 Å². The maximum Gasteiger partial charge on any atom is 0.279 e. The van der Waals surface area contributed by atoms with Crippen molar-refractivity contribution in [3.8, 4) is 17.0 Å². The Morgan fingerprint density at radius 1 is 1.03 bits per heavy atom. The number of nitrogens with one attached hydrogen (secondary N) is 1. The summed E-state index contributed by atoms with van der Waals surface area (Å²) in [5.74, 6) is 0.222. The quantitative estimate of drug-likeness (QED) is 0.676. The van der Waals surface area contributed by atoms with Crippen LogP contribution >= 0.6 is 0 Å². The smallest absolute Gasteiger partial charge is 0.279 e. The van der Waals surface area contributed by atoms with Gasteiger partial charge in [-0.25, -0.2) is 0 Å². The first-order valence-corrected chi connectivity index (χ1v) is 10.9. The van der Waals surface area contributed by atoms with E-state index in [4.69, 9.17) is 9.84 Å². The number of carbonyl (C=O) groups is 2. The Kier molecular flexibility index (Phi) is 4.86. The van der Waals surface area contributed by atoms with E-state index in [0.717, 1.165) is 54.2 Å². The van der Waals surface area contributed by atoms with Crippen LogP contribution in [-0.4, -0.2) is 53.7 Å². The molecule has 1 N–H and O–H groups in total. The van der Waals surface area contributed by atoms with Crippen molar-refractivity contribution in [2.75, 3.05) is 27.2 Å². The van der Waals surface area contributed by atoms with Crippen LogP contribution in [0, 0.1) is 6.92 Å². The molecule has 0 saturated carbocycles. The summed E-state index contributed by atoms with van der Waals surface area (Å²) in [6.07, 6.45) is 1.59. The monoisotopic (exact) mass is 430 g/mol. The zero-order chi connectivity index (χ0) is 22.5. The van der Waals surface area contributed by atoms with Crippen molar-refractivity contribution < 1.29 is 14.3 Å². The Labute approximate surface area is 187 Å².